The van der Waals surface area contributed by atoms with Gasteiger partial charge in [-0.3, -0.25) is 0 Å². The summed E-state index contributed by atoms with van der Waals surface area (Å²) in [6.07, 6.45) is 1.95. The van der Waals surface area contributed by atoms with Crippen molar-refractivity contribution in [3.8, 4) is 0 Å². The Morgan fingerprint density at radius 2 is 1.19 bits per heavy atom. The van der Waals surface area contributed by atoms with Gasteiger partial charge >= 0.3 is 17.1 Å². The molecule has 0 spiro atoms. The smallest absolute Gasteiger partial charge is 0.336 e. The zero-order chi connectivity index (χ0) is 23.0. The van der Waals surface area contributed by atoms with Gasteiger partial charge in [0.15, 0.2) is 0 Å². The first-order valence-electron chi connectivity index (χ1n) is 10.4. The van der Waals surface area contributed by atoms with Gasteiger partial charge in [-0.25, -0.2) is 28.1 Å². The van der Waals surface area contributed by atoms with Crippen molar-refractivity contribution >= 4 is 0 Å². The summed E-state index contributed by atoms with van der Waals surface area (Å²) in [4.78, 5) is 39.1. The highest BCUT2D eigenvalue weighted by Crippen LogP contribution is 2.10. The second kappa shape index (κ2) is 11.9. The Hall–Kier alpha value is -2.27. The number of ether oxygens (including phenoxy) is 4. The Balaban J connectivity index is 2.37. The molecule has 1 aliphatic heterocycles. The molecule has 0 radical (unpaired) electrons. The first-order valence-corrected chi connectivity index (χ1v) is 10.4. The quantitative estimate of drug-likeness (QED) is 0.283. The van der Waals surface area contributed by atoms with Crippen LogP contribution in [0.2, 0.25) is 0 Å². The molecular weight excluding hydrogens is 406 g/mol. The summed E-state index contributed by atoms with van der Waals surface area (Å²) < 4.78 is 24.9. The maximum absolute atomic E-state index is 13.0. The fourth-order valence-corrected chi connectivity index (χ4v) is 2.98. The molecule has 31 heavy (non-hydrogen) atoms. The molecule has 0 saturated carbocycles. The third-order valence-corrected chi connectivity index (χ3v) is 4.67. The molecule has 1 saturated heterocycles. The average molecular weight is 440 g/mol. The van der Waals surface area contributed by atoms with E-state index >= 15 is 0 Å². The van der Waals surface area contributed by atoms with E-state index in [0.29, 0.717) is 13.2 Å². The fraction of sp³-hybridized carbons (Fsp3) is 0.667. The SMILES string of the molecule is C=CCOC(C)Cn1c(=O)n(CC(C)OCC=C)c(=O)n(CC(C)OCC2CO2)c1=O. The topological polar surface area (TPSA) is 106 Å². The molecule has 1 aromatic rings. The van der Waals surface area contributed by atoms with Crippen molar-refractivity contribution in [2.24, 2.45) is 0 Å². The molecule has 0 aromatic carbocycles. The van der Waals surface area contributed by atoms with Crippen molar-refractivity contribution in [2.45, 2.75) is 64.8 Å². The van der Waals surface area contributed by atoms with E-state index in [1.807, 2.05) is 0 Å². The lowest BCUT2D eigenvalue weighted by Crippen LogP contribution is -2.57. The van der Waals surface area contributed by atoms with Crippen LogP contribution >= 0.6 is 0 Å². The Kier molecular flexibility index (Phi) is 9.63. The molecule has 1 fully saturated rings. The predicted molar refractivity (Wildman–Crippen MR) is 116 cm³/mol. The minimum Gasteiger partial charge on any atom is -0.374 e. The molecule has 2 rings (SSSR count). The van der Waals surface area contributed by atoms with Gasteiger partial charge in [-0.1, -0.05) is 12.2 Å². The van der Waals surface area contributed by atoms with E-state index < -0.39 is 35.4 Å². The molecular formula is C21H33N3O7. The van der Waals surface area contributed by atoms with Crippen LogP contribution in [0.4, 0.5) is 0 Å². The molecule has 0 aliphatic carbocycles. The molecule has 1 aliphatic rings. The summed E-state index contributed by atoms with van der Waals surface area (Å²) in [6, 6.07) is 0. The van der Waals surface area contributed by atoms with Crippen molar-refractivity contribution in [1.29, 1.82) is 0 Å². The van der Waals surface area contributed by atoms with Crippen molar-refractivity contribution < 1.29 is 18.9 Å². The Morgan fingerprint density at radius 3 is 1.52 bits per heavy atom. The van der Waals surface area contributed by atoms with E-state index in [1.165, 1.54) is 0 Å². The van der Waals surface area contributed by atoms with E-state index in [1.54, 1.807) is 32.9 Å². The minimum absolute atomic E-state index is 0.00116. The highest BCUT2D eigenvalue weighted by Gasteiger charge is 2.25. The van der Waals surface area contributed by atoms with Crippen LogP contribution in [0.3, 0.4) is 0 Å². The molecule has 4 unspecified atom stereocenters. The van der Waals surface area contributed by atoms with Crippen LogP contribution in [-0.2, 0) is 38.6 Å². The molecule has 10 nitrogen and oxygen atoms in total. The summed E-state index contributed by atoms with van der Waals surface area (Å²) in [5.74, 6) is 0. The van der Waals surface area contributed by atoms with Crippen LogP contribution < -0.4 is 17.1 Å². The van der Waals surface area contributed by atoms with Gasteiger partial charge in [-0.05, 0) is 20.8 Å². The van der Waals surface area contributed by atoms with Gasteiger partial charge in [0.25, 0.3) is 0 Å². The van der Waals surface area contributed by atoms with Gasteiger partial charge in [0.05, 0.1) is 64.4 Å². The maximum atomic E-state index is 13.0. The number of hydrogen-bond donors (Lipinski definition) is 0. The van der Waals surface area contributed by atoms with Gasteiger partial charge in [0.2, 0.25) is 0 Å². The zero-order valence-corrected chi connectivity index (χ0v) is 18.5. The summed E-state index contributed by atoms with van der Waals surface area (Å²) in [5.41, 5.74) is -2.09. The number of aromatic nitrogens is 3. The van der Waals surface area contributed by atoms with Crippen LogP contribution in [0.25, 0.3) is 0 Å². The second-order valence-corrected chi connectivity index (χ2v) is 7.64. The summed E-state index contributed by atoms with van der Waals surface area (Å²) >= 11 is 0. The van der Waals surface area contributed by atoms with Crippen molar-refractivity contribution in [3.63, 3.8) is 0 Å². The summed E-state index contributed by atoms with van der Waals surface area (Å²) in [5, 5.41) is 0. The molecule has 4 atom stereocenters. The fourth-order valence-electron chi connectivity index (χ4n) is 2.98. The van der Waals surface area contributed by atoms with Crippen molar-refractivity contribution in [3.05, 3.63) is 56.8 Å². The molecule has 0 bridgehead atoms. The van der Waals surface area contributed by atoms with E-state index in [9.17, 15) is 14.4 Å². The average Bonchev–Trinajstić information content (AvgIpc) is 3.57. The molecule has 10 heteroatoms. The number of epoxide rings is 1. The molecule has 174 valence electrons. The first-order chi connectivity index (χ1) is 14.8. The second-order valence-electron chi connectivity index (χ2n) is 7.64. The predicted octanol–water partition coefficient (Wildman–Crippen LogP) is 0.158. The maximum Gasteiger partial charge on any atom is 0.336 e. The largest absolute Gasteiger partial charge is 0.374 e. The zero-order valence-electron chi connectivity index (χ0n) is 18.5. The van der Waals surface area contributed by atoms with Crippen LogP contribution in [0, 0.1) is 0 Å². The Labute approximate surface area is 181 Å². The monoisotopic (exact) mass is 439 g/mol. The molecule has 1 aromatic heterocycles. The van der Waals surface area contributed by atoms with Gasteiger partial charge < -0.3 is 18.9 Å². The Morgan fingerprint density at radius 1 is 0.839 bits per heavy atom. The number of hydrogen-bond acceptors (Lipinski definition) is 7. The highest BCUT2D eigenvalue weighted by molar-refractivity contribution is 4.82. The third-order valence-electron chi connectivity index (χ3n) is 4.67. The van der Waals surface area contributed by atoms with E-state index in [0.717, 1.165) is 13.7 Å². The van der Waals surface area contributed by atoms with Gasteiger partial charge in [-0.15, -0.1) is 13.2 Å². The van der Waals surface area contributed by atoms with Gasteiger partial charge in [0, 0.05) is 0 Å². The highest BCUT2D eigenvalue weighted by atomic mass is 16.6. The number of rotatable bonds is 15. The van der Waals surface area contributed by atoms with Crippen molar-refractivity contribution in [1.82, 2.24) is 13.7 Å². The lowest BCUT2D eigenvalue weighted by Gasteiger charge is -2.20. The minimum atomic E-state index is -0.700. The normalized spacial score (nSPS) is 18.4. The van der Waals surface area contributed by atoms with E-state index in [4.69, 9.17) is 18.9 Å². The van der Waals surface area contributed by atoms with Gasteiger partial charge in [-0.2, -0.15) is 0 Å². The summed E-state index contributed by atoms with van der Waals surface area (Å²) in [6.45, 7) is 14.0. The number of nitrogens with zero attached hydrogens (tertiary/aromatic N) is 3. The van der Waals surface area contributed by atoms with Crippen LogP contribution in [0.15, 0.2) is 39.7 Å². The van der Waals surface area contributed by atoms with Crippen LogP contribution in [-0.4, -0.2) is 64.5 Å². The third kappa shape index (κ3) is 7.42. The first kappa shape index (κ1) is 25.0. The van der Waals surface area contributed by atoms with Crippen LogP contribution in [0.5, 0.6) is 0 Å². The van der Waals surface area contributed by atoms with Gasteiger partial charge in [0.1, 0.15) is 6.10 Å². The Bertz CT molecular complexity index is 855. The van der Waals surface area contributed by atoms with Crippen LogP contribution in [0.1, 0.15) is 20.8 Å². The van der Waals surface area contributed by atoms with E-state index in [2.05, 4.69) is 13.2 Å². The van der Waals surface area contributed by atoms with E-state index in [-0.39, 0.29) is 39.0 Å². The summed E-state index contributed by atoms with van der Waals surface area (Å²) in [7, 11) is 0. The lowest BCUT2D eigenvalue weighted by atomic mass is 10.3. The van der Waals surface area contributed by atoms with Crippen molar-refractivity contribution in [2.75, 3.05) is 26.4 Å². The standard InChI is InChI=1S/C21H33N3O7/c1-6-8-28-15(3)10-22-19(25)23(11-16(4)29-9-7-2)21(27)24(20(22)26)12-17(5)30-13-18-14-31-18/h6-7,15-18H,1-2,8-14H2,3-5H3. The molecule has 0 amide bonds. The molecule has 0 N–H and O–H groups in total. The lowest BCUT2D eigenvalue weighted by molar-refractivity contribution is 0.0393. The molecule has 2 heterocycles.